The largest absolute Gasteiger partial charge is 0.427 e. The highest BCUT2D eigenvalue weighted by atomic mass is 32.5. The van der Waals surface area contributed by atoms with Crippen LogP contribution in [0.4, 0.5) is 19.4 Å². The van der Waals surface area contributed by atoms with Crippen LogP contribution in [-0.2, 0) is 11.2 Å². The van der Waals surface area contributed by atoms with Gasteiger partial charge in [-0.05, 0) is 35.4 Å². The van der Waals surface area contributed by atoms with Gasteiger partial charge in [-0.15, -0.1) is 0 Å². The summed E-state index contributed by atoms with van der Waals surface area (Å²) in [6, 6.07) is 8.33. The predicted molar refractivity (Wildman–Crippen MR) is 84.3 cm³/mol. The molecule has 0 aliphatic rings. The second-order valence-electron chi connectivity index (χ2n) is 5.50. The van der Waals surface area contributed by atoms with Crippen molar-refractivity contribution in [1.82, 2.24) is 0 Å². The molecule has 2 aromatic rings. The number of aliphatic hydroxyl groups excluding tert-OH is 1. The van der Waals surface area contributed by atoms with E-state index in [1.54, 1.807) is 0 Å². The van der Waals surface area contributed by atoms with E-state index in [0.29, 0.717) is 17.7 Å². The second kappa shape index (κ2) is 5.70. The van der Waals surface area contributed by atoms with Crippen LogP contribution in [0.2, 0.25) is 0 Å². The van der Waals surface area contributed by atoms with Gasteiger partial charge in [-0.25, -0.2) is 0 Å². The molecule has 0 aromatic heterocycles. The average Bonchev–Trinajstić information content (AvgIpc) is 2.45. The molecule has 0 fully saturated rings. The van der Waals surface area contributed by atoms with Gasteiger partial charge in [-0.3, -0.25) is 4.79 Å². The Morgan fingerprint density at radius 2 is 1.52 bits per heavy atom. The summed E-state index contributed by atoms with van der Waals surface area (Å²) in [7, 11) is -9.69. The molecule has 2 aromatic carbocycles. The Kier molecular flexibility index (Phi) is 4.38. The van der Waals surface area contributed by atoms with Gasteiger partial charge in [0.05, 0.1) is 6.10 Å². The van der Waals surface area contributed by atoms with E-state index in [0.717, 1.165) is 12.1 Å². The first-order chi connectivity index (χ1) is 11.2. The molecular formula is C16H15F5O3S. The van der Waals surface area contributed by atoms with Crippen LogP contribution in [0.3, 0.4) is 0 Å². The molecule has 2 rings (SSSR count). The fraction of sp³-hybridized carbons (Fsp3) is 0.188. The number of ether oxygens (including phenoxy) is 1. The second-order valence-corrected chi connectivity index (χ2v) is 7.90. The number of carbonyl (C=O) groups is 1. The van der Waals surface area contributed by atoms with Crippen LogP contribution in [0.25, 0.3) is 0 Å². The van der Waals surface area contributed by atoms with Gasteiger partial charge in [0.25, 0.3) is 0 Å². The molecule has 0 amide bonds. The first-order valence-corrected chi connectivity index (χ1v) is 8.99. The van der Waals surface area contributed by atoms with Crippen LogP contribution >= 0.6 is 10.2 Å². The number of benzene rings is 2. The monoisotopic (exact) mass is 382 g/mol. The molecule has 9 heteroatoms. The molecule has 0 radical (unpaired) electrons. The lowest BCUT2D eigenvalue weighted by Gasteiger charge is -2.40. The van der Waals surface area contributed by atoms with E-state index in [9.17, 15) is 29.3 Å². The van der Waals surface area contributed by atoms with E-state index >= 15 is 0 Å². The van der Waals surface area contributed by atoms with Crippen molar-refractivity contribution in [2.24, 2.45) is 0 Å². The molecule has 3 nitrogen and oxygen atoms in total. The van der Waals surface area contributed by atoms with Gasteiger partial charge < -0.3 is 9.84 Å². The van der Waals surface area contributed by atoms with Gasteiger partial charge >= 0.3 is 16.2 Å². The zero-order valence-corrected chi connectivity index (χ0v) is 13.8. The highest BCUT2D eigenvalue weighted by Gasteiger charge is 2.65. The lowest BCUT2D eigenvalue weighted by atomic mass is 10.0. The van der Waals surface area contributed by atoms with Crippen LogP contribution in [0.1, 0.15) is 24.2 Å². The molecule has 1 atom stereocenters. The van der Waals surface area contributed by atoms with Gasteiger partial charge in [0.15, 0.2) is 0 Å². The first kappa shape index (κ1) is 19.2. The van der Waals surface area contributed by atoms with Crippen molar-refractivity contribution >= 4 is 16.2 Å². The summed E-state index contributed by atoms with van der Waals surface area (Å²) in [6.07, 6.45) is -1.12. The summed E-state index contributed by atoms with van der Waals surface area (Å²) >= 11 is 0. The summed E-state index contributed by atoms with van der Waals surface area (Å²) in [5.41, 5.74) is 0.704. The van der Waals surface area contributed by atoms with Crippen LogP contribution < -0.4 is 4.74 Å². The number of esters is 1. The van der Waals surface area contributed by atoms with Crippen molar-refractivity contribution in [3.8, 4) is 5.75 Å². The van der Waals surface area contributed by atoms with Crippen molar-refractivity contribution in [3.05, 3.63) is 59.7 Å². The van der Waals surface area contributed by atoms with Crippen molar-refractivity contribution in [2.45, 2.75) is 24.3 Å². The SMILES string of the molecule is CC(=O)Oc1ccc([C@@H](O)Cc2ccc(S(F)(F)(F)(F)F)cc2)cc1. The molecule has 0 unspecified atom stereocenters. The highest BCUT2D eigenvalue weighted by molar-refractivity contribution is 8.45. The highest BCUT2D eigenvalue weighted by Crippen LogP contribution is 3.02. The van der Waals surface area contributed by atoms with E-state index in [-0.39, 0.29) is 17.7 Å². The fourth-order valence-electron chi connectivity index (χ4n) is 2.15. The van der Waals surface area contributed by atoms with Crippen LogP contribution in [0.15, 0.2) is 53.4 Å². The molecule has 1 N–H and O–H groups in total. The Bertz CT molecular complexity index is 771. The Hall–Kier alpha value is -2.13. The van der Waals surface area contributed by atoms with Crippen LogP contribution in [0.5, 0.6) is 5.75 Å². The first-order valence-electron chi connectivity index (χ1n) is 7.04. The third-order valence-electron chi connectivity index (χ3n) is 3.32. The Morgan fingerprint density at radius 1 is 1.00 bits per heavy atom. The van der Waals surface area contributed by atoms with Crippen molar-refractivity contribution in [1.29, 1.82) is 0 Å². The standard InChI is InChI=1S/C16H15F5O3S/c1-11(22)24-14-6-4-13(5-7-14)16(23)10-12-2-8-15(9-3-12)25(17,18,19,20)21/h2-9,16,23H,10H2,1H3/t16-/m0/s1. The smallest absolute Gasteiger partial charge is 0.310 e. The molecule has 0 saturated heterocycles. The third kappa shape index (κ3) is 5.43. The number of hydrogen-bond donors (Lipinski definition) is 1. The van der Waals surface area contributed by atoms with Crippen LogP contribution in [0, 0.1) is 0 Å². The predicted octanol–water partition coefficient (Wildman–Crippen LogP) is 5.55. The van der Waals surface area contributed by atoms with E-state index in [2.05, 4.69) is 0 Å². The number of rotatable bonds is 5. The topological polar surface area (TPSA) is 46.5 Å². The van der Waals surface area contributed by atoms with Crippen molar-refractivity contribution in [2.75, 3.05) is 0 Å². The van der Waals surface area contributed by atoms with Crippen LogP contribution in [-0.4, -0.2) is 11.1 Å². The summed E-state index contributed by atoms with van der Waals surface area (Å²) in [4.78, 5) is 8.85. The minimum Gasteiger partial charge on any atom is -0.427 e. The van der Waals surface area contributed by atoms with Gasteiger partial charge in [0, 0.05) is 13.3 Å². The Labute approximate surface area is 140 Å². The summed E-state index contributed by atoms with van der Waals surface area (Å²) in [5.74, 6) is -0.221. The molecule has 0 bridgehead atoms. The Balaban J connectivity index is 2.11. The van der Waals surface area contributed by atoms with Crippen molar-refractivity contribution in [3.63, 3.8) is 0 Å². The summed E-state index contributed by atoms with van der Waals surface area (Å²) < 4.78 is 68.1. The minimum absolute atomic E-state index is 0.0620. The summed E-state index contributed by atoms with van der Waals surface area (Å²) in [5, 5.41) is 10.1. The summed E-state index contributed by atoms with van der Waals surface area (Å²) in [6.45, 7) is 1.24. The van der Waals surface area contributed by atoms with Gasteiger partial charge in [-0.1, -0.05) is 43.7 Å². The maximum atomic E-state index is 12.6. The fourth-order valence-corrected chi connectivity index (χ4v) is 2.80. The molecule has 138 valence electrons. The van der Waals surface area contributed by atoms with Gasteiger partial charge in [-0.2, -0.15) is 0 Å². The molecule has 0 saturated carbocycles. The molecule has 25 heavy (non-hydrogen) atoms. The third-order valence-corrected chi connectivity index (χ3v) is 4.49. The Morgan fingerprint density at radius 3 is 1.96 bits per heavy atom. The van der Waals surface area contributed by atoms with Gasteiger partial charge in [0.1, 0.15) is 10.6 Å². The maximum absolute atomic E-state index is 12.6. The van der Waals surface area contributed by atoms with Crippen molar-refractivity contribution < 1.29 is 34.1 Å². The molecule has 0 spiro atoms. The lowest BCUT2D eigenvalue weighted by molar-refractivity contribution is -0.131. The molecule has 0 aliphatic heterocycles. The number of halogens is 5. The minimum atomic E-state index is -9.69. The molecule has 0 aliphatic carbocycles. The number of aliphatic hydroxyl groups is 1. The average molecular weight is 382 g/mol. The van der Waals surface area contributed by atoms with Gasteiger partial charge in [0.2, 0.25) is 0 Å². The number of carbonyl (C=O) groups excluding carboxylic acids is 1. The zero-order chi connectivity index (χ0) is 18.9. The molecular weight excluding hydrogens is 367 g/mol. The van der Waals surface area contributed by atoms with E-state index in [1.165, 1.54) is 31.2 Å². The van der Waals surface area contributed by atoms with E-state index in [4.69, 9.17) is 4.74 Å². The number of hydrogen-bond acceptors (Lipinski definition) is 3. The molecule has 0 heterocycles. The maximum Gasteiger partial charge on any atom is 0.310 e. The normalized spacial score (nSPS) is 15.8. The zero-order valence-electron chi connectivity index (χ0n) is 13.0. The van der Waals surface area contributed by atoms with E-state index < -0.39 is 27.2 Å². The quantitative estimate of drug-likeness (QED) is 0.419. The lowest BCUT2D eigenvalue weighted by Crippen LogP contribution is -2.07. The van der Waals surface area contributed by atoms with E-state index in [1.807, 2.05) is 0 Å².